The van der Waals surface area contributed by atoms with E-state index in [9.17, 15) is 0 Å². The summed E-state index contributed by atoms with van der Waals surface area (Å²) in [6, 6.07) is 20.5. The second kappa shape index (κ2) is 7.71. The second-order valence-corrected chi connectivity index (χ2v) is 3.50. The summed E-state index contributed by atoms with van der Waals surface area (Å²) in [6.45, 7) is 5.50. The van der Waals surface area contributed by atoms with Crippen LogP contribution in [0, 0.1) is 53.5 Å². The van der Waals surface area contributed by atoms with Gasteiger partial charge in [-0.3, -0.25) is 6.58 Å². The molecule has 0 saturated heterocycles. The minimum Gasteiger partial charge on any atom is -0.293 e. The molecular weight excluding hydrogens is 365 g/mol. The van der Waals surface area contributed by atoms with Crippen LogP contribution in [0.3, 0.4) is 0 Å². The van der Waals surface area contributed by atoms with Crippen molar-refractivity contribution in [2.45, 2.75) is 0 Å². The fourth-order valence-electron chi connectivity index (χ4n) is 1.69. The smallest absolute Gasteiger partial charge is 0 e. The first kappa shape index (κ1) is 14.5. The molecule has 0 heterocycles. The third-order valence-electron chi connectivity index (χ3n) is 2.43. The van der Waals surface area contributed by atoms with E-state index in [2.05, 4.69) is 24.3 Å². The topological polar surface area (TPSA) is 0 Å². The van der Waals surface area contributed by atoms with Gasteiger partial charge >= 0.3 is 0 Å². The quantitative estimate of drug-likeness (QED) is 0.557. The van der Waals surface area contributed by atoms with Crippen LogP contribution in [-0.2, 0) is 0 Å². The number of allylic oxidation sites excluding steroid dienone is 2. The fourth-order valence-corrected chi connectivity index (χ4v) is 1.69. The average Bonchev–Trinajstić information content (AvgIpc) is 2.38. The van der Waals surface area contributed by atoms with Crippen molar-refractivity contribution in [3.05, 3.63) is 90.5 Å². The van der Waals surface area contributed by atoms with Gasteiger partial charge in [-0.1, -0.05) is 66.2 Å². The van der Waals surface area contributed by atoms with Crippen LogP contribution in [0.15, 0.2) is 72.8 Å². The Hall–Kier alpha value is -0.561. The van der Waals surface area contributed by atoms with Crippen LogP contribution in [0.25, 0.3) is 5.57 Å². The van der Waals surface area contributed by atoms with Gasteiger partial charge in [0.25, 0.3) is 0 Å². The normalized spacial score (nSPS) is 8.94. The summed E-state index contributed by atoms with van der Waals surface area (Å²) in [5.41, 5.74) is 3.49. The molecule has 0 spiro atoms. The van der Waals surface area contributed by atoms with E-state index < -0.39 is 0 Å². The van der Waals surface area contributed by atoms with Gasteiger partial charge in [-0.2, -0.15) is 0 Å². The molecule has 0 nitrogen and oxygen atoms in total. The third-order valence-corrected chi connectivity index (χ3v) is 2.43. The van der Waals surface area contributed by atoms with E-state index in [1.54, 1.807) is 6.08 Å². The molecule has 92 valence electrons. The van der Waals surface area contributed by atoms with Gasteiger partial charge in [-0.25, -0.2) is 12.2 Å². The monoisotopic (exact) mass is 379 g/mol. The molecule has 0 atom stereocenters. The van der Waals surface area contributed by atoms with Crippen molar-refractivity contribution >= 4 is 5.57 Å². The first-order chi connectivity index (χ1) is 7.92. The predicted molar refractivity (Wildman–Crippen MR) is 68.8 cm³/mol. The Kier molecular flexibility index (Phi) is 6.57. The number of hydrogen-bond donors (Lipinski definition) is 0. The van der Waals surface area contributed by atoms with Gasteiger partial charge in [0.2, 0.25) is 0 Å². The fraction of sp³-hybridized carbons (Fsp3) is 0. The van der Waals surface area contributed by atoms with Crippen molar-refractivity contribution in [1.29, 1.82) is 0 Å². The van der Waals surface area contributed by atoms with E-state index in [1.165, 1.54) is 11.1 Å². The zero-order valence-electron chi connectivity index (χ0n) is 9.27. The van der Waals surface area contributed by atoms with Crippen molar-refractivity contribution in [3.63, 3.8) is 0 Å². The summed E-state index contributed by atoms with van der Waals surface area (Å²) in [5.74, 6) is 0. The molecule has 0 fully saturated rings. The Morgan fingerprint density at radius 1 is 0.765 bits per heavy atom. The molecule has 17 heavy (non-hydrogen) atoms. The van der Waals surface area contributed by atoms with Crippen LogP contribution in [0.5, 0.6) is 0 Å². The van der Waals surface area contributed by atoms with Crippen LogP contribution in [0.2, 0.25) is 0 Å². The molecule has 2 aromatic carbocycles. The number of benzene rings is 2. The summed E-state index contributed by atoms with van der Waals surface area (Å²) in [5, 5.41) is 0. The Bertz CT molecular complexity index is 442. The zero-order chi connectivity index (χ0) is 11.2. The molecule has 1 heteroatoms. The SMILES string of the molecule is [CH-]=CC=C(c1ccccc1)c1ccccc1.[Yb]. The van der Waals surface area contributed by atoms with E-state index in [0.29, 0.717) is 0 Å². The maximum atomic E-state index is 5.50. The van der Waals surface area contributed by atoms with Gasteiger partial charge in [-0.15, -0.1) is 0 Å². The molecule has 2 aromatic rings. The van der Waals surface area contributed by atoms with Crippen LogP contribution < -0.4 is 0 Å². The molecule has 2 rings (SSSR count). The van der Waals surface area contributed by atoms with Crippen molar-refractivity contribution < 1.29 is 46.9 Å². The van der Waals surface area contributed by atoms with Gasteiger partial charge in [0.15, 0.2) is 0 Å². The number of hydrogen-bond acceptors (Lipinski definition) is 0. The first-order valence-electron chi connectivity index (χ1n) is 5.28. The van der Waals surface area contributed by atoms with Gasteiger partial charge in [0.1, 0.15) is 0 Å². The van der Waals surface area contributed by atoms with Crippen molar-refractivity contribution in [1.82, 2.24) is 0 Å². The Morgan fingerprint density at radius 2 is 1.18 bits per heavy atom. The minimum atomic E-state index is 0. The molecule has 0 bridgehead atoms. The summed E-state index contributed by atoms with van der Waals surface area (Å²) in [7, 11) is 0. The first-order valence-corrected chi connectivity index (χ1v) is 5.28. The molecule has 0 radical (unpaired) electrons. The molecule has 0 unspecified atom stereocenters. The van der Waals surface area contributed by atoms with Gasteiger partial charge in [0, 0.05) is 46.9 Å². The van der Waals surface area contributed by atoms with E-state index in [4.69, 9.17) is 6.58 Å². The van der Waals surface area contributed by atoms with Crippen molar-refractivity contribution in [2.75, 3.05) is 0 Å². The van der Waals surface area contributed by atoms with Crippen LogP contribution in [0.4, 0.5) is 0 Å². The Labute approximate surface area is 141 Å². The standard InChI is InChI=1S/C16H13.Yb/c1-2-9-16(14-10-5-3-6-11-14)15-12-7-4-8-13-15;/h1-13H;/q-1;. The largest absolute Gasteiger partial charge is 0.293 e. The Balaban J connectivity index is 0.00000144. The molecular formula is C16H13Yb-. The molecule has 0 aliphatic heterocycles. The maximum absolute atomic E-state index is 5.50. The van der Waals surface area contributed by atoms with E-state index >= 15 is 0 Å². The molecule has 0 aromatic heterocycles. The summed E-state index contributed by atoms with van der Waals surface area (Å²) in [6.07, 6.45) is 3.51. The molecule has 0 saturated carbocycles. The predicted octanol–water partition coefficient (Wildman–Crippen LogP) is 4.11. The maximum Gasteiger partial charge on any atom is 0 e. The minimum absolute atomic E-state index is 0. The van der Waals surface area contributed by atoms with E-state index in [1.807, 2.05) is 42.5 Å². The molecule has 0 N–H and O–H groups in total. The van der Waals surface area contributed by atoms with Gasteiger partial charge < -0.3 is 0 Å². The molecule has 0 aliphatic carbocycles. The van der Waals surface area contributed by atoms with Gasteiger partial charge in [-0.05, 0) is 11.1 Å². The molecule has 0 aliphatic rings. The van der Waals surface area contributed by atoms with Gasteiger partial charge in [0.05, 0.1) is 0 Å². The summed E-state index contributed by atoms with van der Waals surface area (Å²) >= 11 is 0. The second-order valence-electron chi connectivity index (χ2n) is 3.50. The molecule has 0 amide bonds. The third kappa shape index (κ3) is 3.99. The van der Waals surface area contributed by atoms with E-state index in [0.717, 1.165) is 5.57 Å². The van der Waals surface area contributed by atoms with Crippen LogP contribution in [0.1, 0.15) is 11.1 Å². The van der Waals surface area contributed by atoms with E-state index in [-0.39, 0.29) is 46.9 Å². The number of rotatable bonds is 3. The van der Waals surface area contributed by atoms with Crippen molar-refractivity contribution in [2.24, 2.45) is 0 Å². The van der Waals surface area contributed by atoms with Crippen LogP contribution in [-0.4, -0.2) is 0 Å². The van der Waals surface area contributed by atoms with Crippen molar-refractivity contribution in [3.8, 4) is 0 Å². The zero-order valence-corrected chi connectivity index (χ0v) is 11.0. The average molecular weight is 378 g/mol. The van der Waals surface area contributed by atoms with Crippen LogP contribution >= 0.6 is 0 Å². The Morgan fingerprint density at radius 3 is 1.53 bits per heavy atom. The summed E-state index contributed by atoms with van der Waals surface area (Å²) in [4.78, 5) is 0. The summed E-state index contributed by atoms with van der Waals surface area (Å²) < 4.78 is 0.